The summed E-state index contributed by atoms with van der Waals surface area (Å²) in [6.45, 7) is 2.14. The molecule has 0 atom stereocenters. The van der Waals surface area contributed by atoms with Crippen LogP contribution in [0.15, 0.2) is 72.9 Å². The van der Waals surface area contributed by atoms with Gasteiger partial charge in [-0.05, 0) is 38.5 Å². The van der Waals surface area contributed by atoms with E-state index in [1.807, 2.05) is 12.2 Å². The van der Waals surface area contributed by atoms with Crippen molar-refractivity contribution in [3.8, 4) is 0 Å². The molecule has 0 spiro atoms. The highest BCUT2D eigenvalue weighted by molar-refractivity contribution is 5.74. The summed E-state index contributed by atoms with van der Waals surface area (Å²) in [5.41, 5.74) is 0. The number of hydrogen-bond acceptors (Lipinski definition) is 3. The molecule has 0 aliphatic rings. The van der Waals surface area contributed by atoms with Gasteiger partial charge >= 0.3 is 5.97 Å². The molecule has 0 heterocycles. The fraction of sp³-hybridized carbons (Fsp3) is 0.409. The third kappa shape index (κ3) is 15.4. The molecule has 0 bridgehead atoms. The molecule has 26 heavy (non-hydrogen) atoms. The summed E-state index contributed by atoms with van der Waals surface area (Å²) in [4.78, 5) is 10.5. The summed E-state index contributed by atoms with van der Waals surface area (Å²) in [6, 6.07) is 0. The van der Waals surface area contributed by atoms with Gasteiger partial charge in [-0.15, -0.1) is 0 Å². The van der Waals surface area contributed by atoms with Gasteiger partial charge in [0, 0.05) is 6.42 Å². The fourth-order valence-corrected chi connectivity index (χ4v) is 1.88. The van der Waals surface area contributed by atoms with Crippen molar-refractivity contribution in [2.75, 3.05) is 0 Å². The Balaban J connectivity index is 3.71. The lowest BCUT2D eigenvalue weighted by Crippen LogP contribution is -2.37. The van der Waals surface area contributed by atoms with E-state index in [4.69, 9.17) is 15.3 Å². The van der Waals surface area contributed by atoms with E-state index in [0.717, 1.165) is 32.1 Å². The second kappa shape index (κ2) is 16.3. The minimum Gasteiger partial charge on any atom is -0.477 e. The van der Waals surface area contributed by atoms with Crippen molar-refractivity contribution in [2.24, 2.45) is 0 Å². The zero-order valence-electron chi connectivity index (χ0n) is 15.6. The van der Waals surface area contributed by atoms with Crippen LogP contribution in [0, 0.1) is 0 Å². The van der Waals surface area contributed by atoms with Gasteiger partial charge in [-0.2, -0.15) is 0 Å². The molecule has 0 fully saturated rings. The number of hydrogen-bond donors (Lipinski definition) is 3. The highest BCUT2D eigenvalue weighted by atomic mass is 16.5. The predicted molar refractivity (Wildman–Crippen MR) is 108 cm³/mol. The smallest absolute Gasteiger partial charge is 0.364 e. The number of aliphatic hydroxyl groups is 2. The molecule has 0 aromatic carbocycles. The molecule has 0 aliphatic carbocycles. The maximum Gasteiger partial charge on any atom is 0.364 e. The topological polar surface area (TPSA) is 77.8 Å². The first-order valence-corrected chi connectivity index (χ1v) is 9.12. The summed E-state index contributed by atoms with van der Waals surface area (Å²) < 4.78 is 0. The summed E-state index contributed by atoms with van der Waals surface area (Å²) >= 11 is 0. The molecule has 0 radical (unpaired) electrons. The van der Waals surface area contributed by atoms with Gasteiger partial charge in [0.05, 0.1) is 0 Å². The Kier molecular flexibility index (Phi) is 14.9. The standard InChI is InChI=1S/C22H32O4/c1-2-3-4-5-6-7-8-9-10-11-12-13-14-15-16-17-18-19-20-22(25,26)21(23)24/h3-4,7-10,12-13,15-18,25-26H,2,5-6,11,14,19-20H2,1H3,(H,23,24)/b4-3-,8-7?,10-9-,13-12-,16-15-,18-17?. The Labute approximate surface area is 157 Å². The fourth-order valence-electron chi connectivity index (χ4n) is 1.88. The lowest BCUT2D eigenvalue weighted by atomic mass is 10.1. The molecule has 4 nitrogen and oxygen atoms in total. The van der Waals surface area contributed by atoms with Gasteiger partial charge in [0.15, 0.2) is 0 Å². The van der Waals surface area contributed by atoms with Crippen LogP contribution < -0.4 is 0 Å². The van der Waals surface area contributed by atoms with Crippen molar-refractivity contribution in [1.29, 1.82) is 0 Å². The van der Waals surface area contributed by atoms with E-state index in [0.29, 0.717) is 0 Å². The second-order valence-corrected chi connectivity index (χ2v) is 5.77. The van der Waals surface area contributed by atoms with Gasteiger partial charge in [-0.3, -0.25) is 0 Å². The average molecular weight is 360 g/mol. The number of unbranched alkanes of at least 4 members (excludes halogenated alkanes) is 1. The highest BCUT2D eigenvalue weighted by Gasteiger charge is 2.31. The number of carboxylic acids is 1. The Morgan fingerprint density at radius 3 is 1.77 bits per heavy atom. The summed E-state index contributed by atoms with van der Waals surface area (Å²) in [5.74, 6) is -4.27. The minimum absolute atomic E-state index is 0.233. The normalized spacial score (nSPS) is 13.7. The maximum atomic E-state index is 10.5. The van der Waals surface area contributed by atoms with E-state index < -0.39 is 11.8 Å². The van der Waals surface area contributed by atoms with Crippen LogP contribution in [0.1, 0.15) is 51.9 Å². The summed E-state index contributed by atoms with van der Waals surface area (Å²) in [5, 5.41) is 26.7. The lowest BCUT2D eigenvalue weighted by Gasteiger charge is -2.14. The van der Waals surface area contributed by atoms with E-state index in [2.05, 4.69) is 55.5 Å². The zero-order chi connectivity index (χ0) is 19.5. The van der Waals surface area contributed by atoms with Crippen LogP contribution in [0.3, 0.4) is 0 Å². The van der Waals surface area contributed by atoms with Gasteiger partial charge < -0.3 is 15.3 Å². The van der Waals surface area contributed by atoms with Crippen molar-refractivity contribution < 1.29 is 20.1 Å². The third-order valence-electron chi connectivity index (χ3n) is 3.38. The van der Waals surface area contributed by atoms with Crippen LogP contribution in [-0.4, -0.2) is 27.1 Å². The van der Waals surface area contributed by atoms with Crippen LogP contribution in [0.25, 0.3) is 0 Å². The Morgan fingerprint density at radius 1 is 0.731 bits per heavy atom. The van der Waals surface area contributed by atoms with E-state index >= 15 is 0 Å². The predicted octanol–water partition coefficient (Wildman–Crippen LogP) is 4.84. The zero-order valence-corrected chi connectivity index (χ0v) is 15.6. The maximum absolute atomic E-state index is 10.5. The first kappa shape index (κ1) is 23.8. The molecule has 4 heteroatoms. The Morgan fingerprint density at radius 2 is 1.23 bits per heavy atom. The number of carboxylic acid groups (broad SMARTS) is 1. The van der Waals surface area contributed by atoms with Crippen molar-refractivity contribution >= 4 is 5.97 Å². The second-order valence-electron chi connectivity index (χ2n) is 5.77. The highest BCUT2D eigenvalue weighted by Crippen LogP contribution is 2.09. The van der Waals surface area contributed by atoms with E-state index in [-0.39, 0.29) is 12.8 Å². The summed E-state index contributed by atoms with van der Waals surface area (Å²) in [6.07, 6.45) is 29.3. The van der Waals surface area contributed by atoms with Gasteiger partial charge in [-0.1, -0.05) is 79.8 Å². The number of aliphatic carboxylic acids is 1. The first-order chi connectivity index (χ1) is 12.5. The number of rotatable bonds is 14. The van der Waals surface area contributed by atoms with Crippen LogP contribution in [0.5, 0.6) is 0 Å². The molecular weight excluding hydrogens is 328 g/mol. The molecule has 0 saturated carbocycles. The van der Waals surface area contributed by atoms with E-state index in [9.17, 15) is 4.79 Å². The van der Waals surface area contributed by atoms with Gasteiger partial charge in [0.1, 0.15) is 0 Å². The average Bonchev–Trinajstić information content (AvgIpc) is 2.60. The van der Waals surface area contributed by atoms with Crippen molar-refractivity contribution in [1.82, 2.24) is 0 Å². The number of carbonyl (C=O) groups is 1. The van der Waals surface area contributed by atoms with E-state index in [1.54, 1.807) is 12.2 Å². The van der Waals surface area contributed by atoms with Crippen LogP contribution in [0.2, 0.25) is 0 Å². The molecule has 0 amide bonds. The van der Waals surface area contributed by atoms with Crippen LogP contribution in [-0.2, 0) is 4.79 Å². The quantitative estimate of drug-likeness (QED) is 0.179. The van der Waals surface area contributed by atoms with Gasteiger partial charge in [0.2, 0.25) is 0 Å². The molecule has 0 aromatic rings. The Bertz CT molecular complexity index is 534. The van der Waals surface area contributed by atoms with Crippen molar-refractivity contribution in [2.45, 2.75) is 57.7 Å². The molecule has 0 aliphatic heterocycles. The van der Waals surface area contributed by atoms with Crippen LogP contribution in [0.4, 0.5) is 0 Å². The summed E-state index contributed by atoms with van der Waals surface area (Å²) in [7, 11) is 0. The monoisotopic (exact) mass is 360 g/mol. The SMILES string of the molecule is CC/C=C\CCC=C/C=C\C/C=C\C/C=C\C=CCCC(O)(O)C(=O)O. The van der Waals surface area contributed by atoms with Crippen molar-refractivity contribution in [3.63, 3.8) is 0 Å². The number of allylic oxidation sites excluding steroid dienone is 12. The van der Waals surface area contributed by atoms with Gasteiger partial charge in [0.25, 0.3) is 5.79 Å². The molecule has 144 valence electrons. The molecular formula is C22H32O4. The largest absolute Gasteiger partial charge is 0.477 e. The molecule has 0 unspecified atom stereocenters. The molecule has 0 aromatic heterocycles. The first-order valence-electron chi connectivity index (χ1n) is 9.12. The van der Waals surface area contributed by atoms with E-state index in [1.165, 1.54) is 0 Å². The van der Waals surface area contributed by atoms with Gasteiger partial charge in [-0.25, -0.2) is 4.79 Å². The minimum atomic E-state index is -2.65. The van der Waals surface area contributed by atoms with Crippen molar-refractivity contribution in [3.05, 3.63) is 72.9 Å². The molecule has 0 rings (SSSR count). The lowest BCUT2D eigenvalue weighted by molar-refractivity contribution is -0.205. The van der Waals surface area contributed by atoms with Crippen LogP contribution >= 0.6 is 0 Å². The third-order valence-corrected chi connectivity index (χ3v) is 3.38. The Hall–Kier alpha value is -2.17. The molecule has 3 N–H and O–H groups in total. The molecule has 0 saturated heterocycles.